The Hall–Kier alpha value is -3.23. The van der Waals surface area contributed by atoms with Crippen molar-refractivity contribution in [2.24, 2.45) is 0 Å². The van der Waals surface area contributed by atoms with Gasteiger partial charge in [0.15, 0.2) is 0 Å². The molecule has 0 bridgehead atoms. The number of nitrogens with zero attached hydrogens (tertiary/aromatic N) is 3. The molecule has 9 heteroatoms. The van der Waals surface area contributed by atoms with Gasteiger partial charge in [-0.05, 0) is 49.1 Å². The van der Waals surface area contributed by atoms with E-state index in [1.165, 1.54) is 0 Å². The van der Waals surface area contributed by atoms with Crippen molar-refractivity contribution in [3.8, 4) is 5.69 Å². The summed E-state index contributed by atoms with van der Waals surface area (Å²) < 4.78 is 7.03. The van der Waals surface area contributed by atoms with Gasteiger partial charge < -0.3 is 10.1 Å². The van der Waals surface area contributed by atoms with Crippen LogP contribution in [-0.2, 0) is 11.3 Å². The molecule has 0 fully saturated rings. The van der Waals surface area contributed by atoms with E-state index in [2.05, 4.69) is 10.4 Å². The SMILES string of the molecule is COCCCNC(=O)c1nn(-c2ccc(C)c(Cl)c2)c(=O)n(Cc2ccccc2C)c1=O. The molecule has 1 heterocycles. The van der Waals surface area contributed by atoms with Crippen molar-refractivity contribution in [1.82, 2.24) is 19.7 Å². The molecule has 0 aliphatic heterocycles. The van der Waals surface area contributed by atoms with Gasteiger partial charge >= 0.3 is 5.69 Å². The monoisotopic (exact) mass is 456 g/mol. The number of rotatable bonds is 8. The number of halogens is 1. The van der Waals surface area contributed by atoms with Gasteiger partial charge in [0.05, 0.1) is 12.2 Å². The minimum Gasteiger partial charge on any atom is -0.385 e. The van der Waals surface area contributed by atoms with Crippen molar-refractivity contribution in [3.63, 3.8) is 0 Å². The van der Waals surface area contributed by atoms with Gasteiger partial charge in [0.2, 0.25) is 5.69 Å². The van der Waals surface area contributed by atoms with E-state index in [1.54, 1.807) is 25.3 Å². The Balaban J connectivity index is 2.13. The van der Waals surface area contributed by atoms with Crippen molar-refractivity contribution in [3.05, 3.63) is 90.7 Å². The zero-order valence-corrected chi connectivity index (χ0v) is 19.0. The first-order valence-electron chi connectivity index (χ1n) is 10.2. The Morgan fingerprint density at radius 3 is 2.56 bits per heavy atom. The van der Waals surface area contributed by atoms with E-state index in [0.717, 1.165) is 25.9 Å². The number of ether oxygens (including phenoxy) is 1. The number of methoxy groups -OCH3 is 1. The van der Waals surface area contributed by atoms with Crippen LogP contribution < -0.4 is 16.6 Å². The zero-order valence-electron chi connectivity index (χ0n) is 18.2. The van der Waals surface area contributed by atoms with Crippen LogP contribution in [0.1, 0.15) is 33.6 Å². The minimum atomic E-state index is -0.753. The third-order valence-electron chi connectivity index (χ3n) is 5.08. The number of carbonyl (C=O) groups is 1. The molecule has 0 saturated heterocycles. The molecule has 0 radical (unpaired) electrons. The molecule has 0 aliphatic carbocycles. The number of hydrogen-bond donors (Lipinski definition) is 1. The second-order valence-corrected chi connectivity index (χ2v) is 7.80. The summed E-state index contributed by atoms with van der Waals surface area (Å²) in [5.41, 5.74) is 1.12. The first-order chi connectivity index (χ1) is 15.3. The van der Waals surface area contributed by atoms with Crippen molar-refractivity contribution in [1.29, 1.82) is 0 Å². The minimum absolute atomic E-state index is 0.0103. The molecule has 1 N–H and O–H groups in total. The van der Waals surface area contributed by atoms with Crippen LogP contribution in [0, 0.1) is 13.8 Å². The molecule has 0 atom stereocenters. The Bertz CT molecular complexity index is 1250. The first kappa shape index (κ1) is 23.4. The second-order valence-electron chi connectivity index (χ2n) is 7.40. The van der Waals surface area contributed by atoms with E-state index < -0.39 is 17.2 Å². The third-order valence-corrected chi connectivity index (χ3v) is 5.48. The summed E-state index contributed by atoms with van der Waals surface area (Å²) in [4.78, 5) is 39.1. The lowest BCUT2D eigenvalue weighted by Crippen LogP contribution is -2.46. The largest absolute Gasteiger partial charge is 0.385 e. The van der Waals surface area contributed by atoms with Gasteiger partial charge in [0.25, 0.3) is 11.5 Å². The first-order valence-corrected chi connectivity index (χ1v) is 10.5. The van der Waals surface area contributed by atoms with E-state index in [0.29, 0.717) is 30.3 Å². The van der Waals surface area contributed by atoms with Crippen LogP contribution in [0.4, 0.5) is 0 Å². The Morgan fingerprint density at radius 1 is 1.12 bits per heavy atom. The standard InChI is InChI=1S/C23H25ClN4O4/c1-15-7-4-5-8-17(15)14-27-22(30)20(21(29)25-11-6-12-32-3)26-28(23(27)31)18-10-9-16(2)19(24)13-18/h4-5,7-10,13H,6,11-12,14H2,1-3H3,(H,25,29). The topological polar surface area (TPSA) is 95.2 Å². The predicted octanol–water partition coefficient (Wildman–Crippen LogP) is 2.48. The maximum Gasteiger partial charge on any atom is 0.352 e. The normalized spacial score (nSPS) is 10.9. The average molecular weight is 457 g/mol. The number of aryl methyl sites for hydroxylation is 2. The van der Waals surface area contributed by atoms with Gasteiger partial charge in [-0.3, -0.25) is 14.2 Å². The summed E-state index contributed by atoms with van der Waals surface area (Å²) in [6.45, 7) is 4.51. The van der Waals surface area contributed by atoms with Crippen LogP contribution in [0.15, 0.2) is 52.1 Å². The quantitative estimate of drug-likeness (QED) is 0.525. The smallest absolute Gasteiger partial charge is 0.352 e. The fraction of sp³-hybridized carbons (Fsp3) is 0.304. The van der Waals surface area contributed by atoms with Gasteiger partial charge in [0.1, 0.15) is 0 Å². The molecule has 0 saturated carbocycles. The Kier molecular flexibility index (Phi) is 7.61. The van der Waals surface area contributed by atoms with E-state index >= 15 is 0 Å². The van der Waals surface area contributed by atoms with Crippen molar-refractivity contribution >= 4 is 17.5 Å². The van der Waals surface area contributed by atoms with Gasteiger partial charge in [-0.2, -0.15) is 9.78 Å². The van der Waals surface area contributed by atoms with E-state index in [1.807, 2.05) is 38.1 Å². The van der Waals surface area contributed by atoms with E-state index in [9.17, 15) is 14.4 Å². The number of aromatic nitrogens is 3. The average Bonchev–Trinajstić information content (AvgIpc) is 2.77. The van der Waals surface area contributed by atoms with Crippen LogP contribution in [0.25, 0.3) is 5.69 Å². The Labute approximate surface area is 190 Å². The lowest BCUT2D eigenvalue weighted by molar-refractivity contribution is 0.0938. The second kappa shape index (κ2) is 10.4. The van der Waals surface area contributed by atoms with Crippen molar-refractivity contribution in [2.75, 3.05) is 20.3 Å². The summed E-state index contributed by atoms with van der Waals surface area (Å²) in [6, 6.07) is 12.4. The number of amides is 1. The highest BCUT2D eigenvalue weighted by molar-refractivity contribution is 6.31. The number of benzene rings is 2. The summed E-state index contributed by atoms with van der Waals surface area (Å²) in [7, 11) is 1.57. The van der Waals surface area contributed by atoms with Gasteiger partial charge in [-0.1, -0.05) is 41.9 Å². The number of hydrogen-bond acceptors (Lipinski definition) is 5. The summed E-state index contributed by atoms with van der Waals surface area (Å²) in [5, 5.41) is 7.21. The molecule has 2 aromatic carbocycles. The van der Waals surface area contributed by atoms with Crippen LogP contribution in [0.5, 0.6) is 0 Å². The van der Waals surface area contributed by atoms with Gasteiger partial charge in [-0.15, -0.1) is 0 Å². The maximum absolute atomic E-state index is 13.2. The Morgan fingerprint density at radius 2 is 1.88 bits per heavy atom. The maximum atomic E-state index is 13.2. The lowest BCUT2D eigenvalue weighted by Gasteiger charge is -2.14. The summed E-state index contributed by atoms with van der Waals surface area (Å²) >= 11 is 6.24. The fourth-order valence-corrected chi connectivity index (χ4v) is 3.31. The molecule has 3 rings (SSSR count). The van der Waals surface area contributed by atoms with Crippen molar-refractivity contribution in [2.45, 2.75) is 26.8 Å². The molecule has 3 aromatic rings. The molecular formula is C23H25ClN4O4. The highest BCUT2D eigenvalue weighted by Gasteiger charge is 2.21. The van der Waals surface area contributed by atoms with Gasteiger partial charge in [0, 0.05) is 25.3 Å². The van der Waals surface area contributed by atoms with Crippen LogP contribution >= 0.6 is 11.6 Å². The van der Waals surface area contributed by atoms with Gasteiger partial charge in [-0.25, -0.2) is 4.79 Å². The van der Waals surface area contributed by atoms with E-state index in [4.69, 9.17) is 16.3 Å². The molecule has 8 nitrogen and oxygen atoms in total. The van der Waals surface area contributed by atoms with Crippen LogP contribution in [0.2, 0.25) is 5.02 Å². The lowest BCUT2D eigenvalue weighted by atomic mass is 10.1. The highest BCUT2D eigenvalue weighted by Crippen LogP contribution is 2.18. The molecule has 1 amide bonds. The molecule has 32 heavy (non-hydrogen) atoms. The zero-order chi connectivity index (χ0) is 23.3. The van der Waals surface area contributed by atoms with Crippen LogP contribution in [-0.4, -0.2) is 40.5 Å². The number of carbonyl (C=O) groups excluding carboxylic acids is 1. The fourth-order valence-electron chi connectivity index (χ4n) is 3.14. The predicted molar refractivity (Wildman–Crippen MR) is 123 cm³/mol. The van der Waals surface area contributed by atoms with Crippen LogP contribution in [0.3, 0.4) is 0 Å². The summed E-state index contributed by atoms with van der Waals surface area (Å²) in [6.07, 6.45) is 0.576. The summed E-state index contributed by atoms with van der Waals surface area (Å²) in [5.74, 6) is -0.656. The van der Waals surface area contributed by atoms with Crippen molar-refractivity contribution < 1.29 is 9.53 Å². The number of nitrogens with one attached hydrogen (secondary N) is 1. The molecule has 0 aliphatic rings. The molecule has 0 spiro atoms. The molecule has 1 aromatic heterocycles. The highest BCUT2D eigenvalue weighted by atomic mass is 35.5. The molecular weight excluding hydrogens is 432 g/mol. The van der Waals surface area contributed by atoms with E-state index in [-0.39, 0.29) is 12.2 Å². The molecule has 0 unspecified atom stereocenters. The third kappa shape index (κ3) is 5.15. The molecule has 168 valence electrons.